The molecule has 3 aliphatic rings. The average molecular weight is 417 g/mol. The molecule has 2 atom stereocenters. The van der Waals surface area contributed by atoms with Gasteiger partial charge in [-0.1, -0.05) is 13.0 Å². The Kier molecular flexibility index (Phi) is 5.46. The van der Waals surface area contributed by atoms with Gasteiger partial charge >= 0.3 is 6.09 Å². The number of rotatable bonds is 5. The van der Waals surface area contributed by atoms with E-state index in [0.29, 0.717) is 43.6 Å². The Bertz CT molecular complexity index is 931. The Hall–Kier alpha value is -2.94. The number of halogens is 1. The highest BCUT2D eigenvalue weighted by molar-refractivity contribution is 5.94. The minimum atomic E-state index is -0.538. The first kappa shape index (κ1) is 20.3. The Balaban J connectivity index is 1.54. The molecule has 3 amide bonds. The molecule has 1 aromatic carbocycles. The molecule has 1 aromatic rings. The van der Waals surface area contributed by atoms with Crippen LogP contribution in [0.3, 0.4) is 0 Å². The lowest BCUT2D eigenvalue weighted by molar-refractivity contribution is -0.133. The van der Waals surface area contributed by atoms with E-state index in [1.54, 1.807) is 19.1 Å². The quantitative estimate of drug-likeness (QED) is 0.750. The highest BCUT2D eigenvalue weighted by atomic mass is 19.1. The van der Waals surface area contributed by atoms with Crippen molar-refractivity contribution in [3.63, 3.8) is 0 Å². The van der Waals surface area contributed by atoms with Crippen LogP contribution in [0.15, 0.2) is 18.2 Å². The van der Waals surface area contributed by atoms with Gasteiger partial charge in [-0.15, -0.1) is 0 Å². The summed E-state index contributed by atoms with van der Waals surface area (Å²) in [5, 5.41) is 11.7. The largest absolute Gasteiger partial charge is 0.442 e. The Morgan fingerprint density at radius 2 is 2.17 bits per heavy atom. The molecule has 4 rings (SSSR count). The van der Waals surface area contributed by atoms with Gasteiger partial charge < -0.3 is 20.1 Å². The first-order valence-corrected chi connectivity index (χ1v) is 10.1. The van der Waals surface area contributed by atoms with Crippen molar-refractivity contribution in [2.24, 2.45) is 0 Å². The number of nitrogens with zero attached hydrogens (tertiary/aromatic N) is 2. The lowest BCUT2D eigenvalue weighted by Crippen LogP contribution is -2.40. The maximum absolute atomic E-state index is 14.9. The summed E-state index contributed by atoms with van der Waals surface area (Å²) in [6.07, 6.45) is 2.14. The van der Waals surface area contributed by atoms with Gasteiger partial charge in [0.1, 0.15) is 18.5 Å². The van der Waals surface area contributed by atoms with Crippen LogP contribution in [0, 0.1) is 5.82 Å². The normalized spacial score (nSPS) is 22.4. The monoisotopic (exact) mass is 417 g/mol. The molecule has 0 saturated carbocycles. The second-order valence-electron chi connectivity index (χ2n) is 7.66. The number of hydrogen-bond acceptors (Lipinski definition) is 5. The second kappa shape index (κ2) is 8.06. The van der Waals surface area contributed by atoms with Crippen molar-refractivity contribution in [2.75, 3.05) is 31.1 Å². The molecule has 0 radical (unpaired) electrons. The van der Waals surface area contributed by atoms with Crippen molar-refractivity contribution in [1.29, 1.82) is 0 Å². The average Bonchev–Trinajstić information content (AvgIpc) is 3.27. The van der Waals surface area contributed by atoms with E-state index in [1.807, 2.05) is 0 Å². The second-order valence-corrected chi connectivity index (χ2v) is 7.66. The number of hydrogen-bond donors (Lipinski definition) is 2. The molecule has 3 aliphatic heterocycles. The van der Waals surface area contributed by atoms with Gasteiger partial charge in [0.25, 0.3) is 0 Å². The third-order valence-corrected chi connectivity index (χ3v) is 5.93. The van der Waals surface area contributed by atoms with Gasteiger partial charge in [-0.3, -0.25) is 14.5 Å². The molecule has 9 heteroatoms. The van der Waals surface area contributed by atoms with Crippen molar-refractivity contribution in [2.45, 2.75) is 38.3 Å². The van der Waals surface area contributed by atoms with Crippen molar-refractivity contribution >= 4 is 29.2 Å². The molecule has 0 spiro atoms. The number of nitrogens with one attached hydrogen (secondary N) is 1. The van der Waals surface area contributed by atoms with Crippen LogP contribution in [-0.2, 0) is 20.7 Å². The van der Waals surface area contributed by atoms with E-state index in [4.69, 9.17) is 9.84 Å². The highest BCUT2D eigenvalue weighted by Crippen LogP contribution is 2.41. The Labute approximate surface area is 173 Å². The third kappa shape index (κ3) is 3.54. The molecule has 160 valence electrons. The zero-order valence-electron chi connectivity index (χ0n) is 16.7. The summed E-state index contributed by atoms with van der Waals surface area (Å²) in [7, 11) is 0. The van der Waals surface area contributed by atoms with Gasteiger partial charge in [0.15, 0.2) is 0 Å². The first-order chi connectivity index (χ1) is 14.4. The maximum atomic E-state index is 14.9. The van der Waals surface area contributed by atoms with Crippen LogP contribution in [0.25, 0.3) is 5.57 Å². The molecule has 1 saturated heterocycles. The predicted octanol–water partition coefficient (Wildman–Crippen LogP) is 1.21. The molecular formula is C21H24FN3O5. The molecule has 2 N–H and O–H groups in total. The molecule has 8 nitrogen and oxygen atoms in total. The van der Waals surface area contributed by atoms with Crippen LogP contribution in [0.4, 0.5) is 14.9 Å². The van der Waals surface area contributed by atoms with Crippen molar-refractivity contribution in [1.82, 2.24) is 10.2 Å². The Morgan fingerprint density at radius 1 is 1.37 bits per heavy atom. The van der Waals surface area contributed by atoms with Crippen LogP contribution in [-0.4, -0.2) is 66.3 Å². The van der Waals surface area contributed by atoms with E-state index in [0.717, 1.165) is 11.1 Å². The number of amides is 3. The van der Waals surface area contributed by atoms with Gasteiger partial charge in [-0.05, 0) is 36.1 Å². The number of carbonyl (C=O) groups excluding carboxylic acids is 3. The minimum Gasteiger partial charge on any atom is -0.442 e. The van der Waals surface area contributed by atoms with Gasteiger partial charge in [0.05, 0.1) is 18.3 Å². The van der Waals surface area contributed by atoms with Crippen LogP contribution < -0.4 is 10.2 Å². The van der Waals surface area contributed by atoms with Crippen LogP contribution >= 0.6 is 0 Å². The summed E-state index contributed by atoms with van der Waals surface area (Å²) in [6, 6.07) is 2.86. The predicted molar refractivity (Wildman–Crippen MR) is 106 cm³/mol. The number of anilines is 1. The summed E-state index contributed by atoms with van der Waals surface area (Å²) >= 11 is 0. The van der Waals surface area contributed by atoms with Gasteiger partial charge in [-0.25, -0.2) is 9.18 Å². The molecular weight excluding hydrogens is 393 g/mol. The molecule has 0 aromatic heterocycles. The summed E-state index contributed by atoms with van der Waals surface area (Å²) < 4.78 is 20.3. The fourth-order valence-electron chi connectivity index (χ4n) is 4.29. The molecule has 3 heterocycles. The highest BCUT2D eigenvalue weighted by Gasteiger charge is 2.47. The van der Waals surface area contributed by atoms with Crippen LogP contribution in [0.2, 0.25) is 0 Å². The zero-order valence-corrected chi connectivity index (χ0v) is 16.7. The van der Waals surface area contributed by atoms with Crippen LogP contribution in [0.5, 0.6) is 0 Å². The van der Waals surface area contributed by atoms with Gasteiger partial charge in [0, 0.05) is 25.1 Å². The smallest absolute Gasteiger partial charge is 0.415 e. The molecule has 1 fully saturated rings. The Morgan fingerprint density at radius 3 is 2.83 bits per heavy atom. The number of benzene rings is 1. The van der Waals surface area contributed by atoms with Gasteiger partial charge in [0.2, 0.25) is 11.8 Å². The molecule has 0 bridgehead atoms. The van der Waals surface area contributed by atoms with E-state index in [1.165, 1.54) is 15.9 Å². The molecule has 0 aliphatic carbocycles. The number of cyclic esters (lactones) is 1. The minimum absolute atomic E-state index is 0.119. The lowest BCUT2D eigenvalue weighted by atomic mass is 9.95. The van der Waals surface area contributed by atoms with Crippen molar-refractivity contribution in [3.8, 4) is 0 Å². The standard InChI is InChI=1S/C21H24FN3O5/c1-2-19(27)23-10-18-17-8-13-7-14(12-3-5-24(6-4-12)20(28)11-26)15(22)9-16(13)25(17)21(29)30-18/h3,7,9,17-18,26H,2,4-6,8,10-11H2,1H3,(H,23,27)/t17-,18-/m0/s1. The van der Waals surface area contributed by atoms with E-state index in [9.17, 15) is 18.8 Å². The van der Waals surface area contributed by atoms with E-state index >= 15 is 0 Å². The number of ether oxygens (including phenoxy) is 1. The van der Waals surface area contributed by atoms with Crippen molar-refractivity contribution in [3.05, 3.63) is 35.2 Å². The summed E-state index contributed by atoms with van der Waals surface area (Å²) in [5.74, 6) is -0.899. The fourth-order valence-corrected chi connectivity index (χ4v) is 4.29. The fraction of sp³-hybridized carbons (Fsp3) is 0.476. The summed E-state index contributed by atoms with van der Waals surface area (Å²) in [5.41, 5.74) is 2.63. The van der Waals surface area contributed by atoms with E-state index in [2.05, 4.69) is 5.32 Å². The van der Waals surface area contributed by atoms with Gasteiger partial charge in [-0.2, -0.15) is 0 Å². The number of carbonyl (C=O) groups is 3. The number of aliphatic hydroxyl groups is 1. The van der Waals surface area contributed by atoms with E-state index in [-0.39, 0.29) is 24.4 Å². The topological polar surface area (TPSA) is 99.2 Å². The SMILES string of the molecule is CCC(=O)NC[C@@H]1OC(=O)N2c3cc(F)c(C4=CCN(C(=O)CO)CC4)cc3C[C@@H]12. The van der Waals surface area contributed by atoms with Crippen molar-refractivity contribution < 1.29 is 28.6 Å². The lowest BCUT2D eigenvalue weighted by Gasteiger charge is -2.26. The van der Waals surface area contributed by atoms with Crippen LogP contribution in [0.1, 0.15) is 30.9 Å². The molecule has 0 unspecified atom stereocenters. The zero-order chi connectivity index (χ0) is 21.4. The van der Waals surface area contributed by atoms with E-state index < -0.39 is 24.6 Å². The number of aliphatic hydroxyl groups excluding tert-OH is 1. The third-order valence-electron chi connectivity index (χ3n) is 5.93. The first-order valence-electron chi connectivity index (χ1n) is 10.1. The number of fused-ring (bicyclic) bond motifs is 3. The molecule has 30 heavy (non-hydrogen) atoms. The summed E-state index contributed by atoms with van der Waals surface area (Å²) in [4.78, 5) is 38.5. The summed E-state index contributed by atoms with van der Waals surface area (Å²) in [6.45, 7) is 2.18. The maximum Gasteiger partial charge on any atom is 0.415 e.